The van der Waals surface area contributed by atoms with Crippen molar-refractivity contribution in [3.8, 4) is 11.1 Å². The largest absolute Gasteiger partial charge is 0.181 e. The van der Waals surface area contributed by atoms with E-state index in [0.717, 1.165) is 0 Å². The van der Waals surface area contributed by atoms with Gasteiger partial charge in [-0.25, -0.2) is 0 Å². The molecule has 0 saturated heterocycles. The van der Waals surface area contributed by atoms with Crippen LogP contribution in [0.3, 0.4) is 0 Å². The van der Waals surface area contributed by atoms with Gasteiger partial charge in [-0.3, -0.25) is 0 Å². The van der Waals surface area contributed by atoms with Gasteiger partial charge in [0.1, 0.15) is 0 Å². The topological polar surface area (TPSA) is 0 Å². The summed E-state index contributed by atoms with van der Waals surface area (Å²) in [7, 11) is -3.80. The van der Waals surface area contributed by atoms with E-state index >= 15 is 0 Å². The summed E-state index contributed by atoms with van der Waals surface area (Å²) < 4.78 is 0. The zero-order chi connectivity index (χ0) is 15.0. The van der Waals surface area contributed by atoms with Crippen molar-refractivity contribution in [1.82, 2.24) is 0 Å². The van der Waals surface area contributed by atoms with E-state index in [0.29, 0.717) is 0 Å². The van der Waals surface area contributed by atoms with Crippen molar-refractivity contribution < 1.29 is 0 Å². The molecule has 106 valence electrons. The van der Waals surface area contributed by atoms with Crippen LogP contribution in [0.5, 0.6) is 0 Å². The highest BCUT2D eigenvalue weighted by atomic mass is 35.6. The maximum absolute atomic E-state index is 6.70. The molecule has 0 aromatic heterocycles. The monoisotopic (exact) mass is 338 g/mol. The predicted octanol–water partition coefficient (Wildman–Crippen LogP) is 4.66. The van der Waals surface area contributed by atoms with Gasteiger partial charge >= 0.3 is 0 Å². The average molecular weight is 339 g/mol. The Morgan fingerprint density at radius 3 is 1.20 bits per heavy atom. The van der Waals surface area contributed by atoms with Crippen LogP contribution in [0, 0.1) is 0 Å². The fraction of sp³-hybridized carbons (Fsp3) is 0.250. The van der Waals surface area contributed by atoms with Gasteiger partial charge < -0.3 is 0 Å². The molecule has 0 aliphatic carbocycles. The Hall–Kier alpha value is -0.546. The molecular weight excluding hydrogens is 319 g/mol. The van der Waals surface area contributed by atoms with Crippen LogP contribution >= 0.6 is 22.2 Å². The van der Waals surface area contributed by atoms with Crippen molar-refractivity contribution in [2.45, 2.75) is 26.2 Å². The molecule has 0 saturated carbocycles. The van der Waals surface area contributed by atoms with Crippen molar-refractivity contribution in [2.24, 2.45) is 0 Å². The lowest BCUT2D eigenvalue weighted by atomic mass is 10.1. The molecule has 0 aliphatic heterocycles. The maximum atomic E-state index is 6.70. The van der Waals surface area contributed by atoms with Gasteiger partial charge in [0.25, 0.3) is 0 Å². The van der Waals surface area contributed by atoms with Crippen LogP contribution in [0.1, 0.15) is 0 Å². The minimum absolute atomic E-state index is 1.25. The minimum atomic E-state index is -1.90. The number of benzene rings is 2. The van der Waals surface area contributed by atoms with E-state index < -0.39 is 14.8 Å². The van der Waals surface area contributed by atoms with E-state index in [9.17, 15) is 0 Å². The molecule has 20 heavy (non-hydrogen) atoms. The molecule has 0 aliphatic rings. The second-order valence-electron chi connectivity index (χ2n) is 6.04. The molecule has 0 amide bonds. The average Bonchev–Trinajstić information content (AvgIpc) is 2.37. The first-order valence-electron chi connectivity index (χ1n) is 6.78. The summed E-state index contributed by atoms with van der Waals surface area (Å²) in [6, 6.07) is 17.0. The van der Waals surface area contributed by atoms with Gasteiger partial charge in [-0.05, 0) is 21.5 Å². The summed E-state index contributed by atoms with van der Waals surface area (Å²) in [5, 5.41) is 2.56. The Morgan fingerprint density at radius 1 is 0.600 bits per heavy atom. The molecular formula is C16H20Cl2Si2. The molecule has 4 heteroatoms. The number of halogens is 2. The van der Waals surface area contributed by atoms with E-state index in [1.807, 2.05) is 0 Å². The Labute approximate surface area is 133 Å². The number of rotatable bonds is 3. The second-order valence-corrected chi connectivity index (χ2v) is 18.7. The van der Waals surface area contributed by atoms with Gasteiger partial charge in [0.05, 0.1) is 0 Å². The highest BCUT2D eigenvalue weighted by Gasteiger charge is 2.28. The summed E-state index contributed by atoms with van der Waals surface area (Å²) in [6.45, 7) is 8.66. The van der Waals surface area contributed by atoms with E-state index in [1.165, 1.54) is 21.5 Å². The zero-order valence-electron chi connectivity index (χ0n) is 12.4. The molecule has 2 aromatic carbocycles. The van der Waals surface area contributed by atoms with Gasteiger partial charge in [-0.15, -0.1) is 0 Å². The second kappa shape index (κ2) is 5.68. The molecule has 0 bridgehead atoms. The van der Waals surface area contributed by atoms with Crippen LogP contribution in [-0.4, -0.2) is 14.8 Å². The first kappa shape index (κ1) is 15.8. The van der Waals surface area contributed by atoms with Crippen molar-refractivity contribution in [3.05, 3.63) is 48.5 Å². The molecule has 0 N–H and O–H groups in total. The normalized spacial score (nSPS) is 12.5. The molecule has 0 radical (unpaired) electrons. The van der Waals surface area contributed by atoms with Crippen LogP contribution in [-0.2, 0) is 0 Å². The SMILES string of the molecule is C[Si](C)(Cl)c1ccccc1-c1ccccc1[Si](C)(C)Cl. The van der Waals surface area contributed by atoms with Crippen LogP contribution in [0.15, 0.2) is 48.5 Å². The molecule has 2 aromatic rings. The van der Waals surface area contributed by atoms with E-state index in [2.05, 4.69) is 74.7 Å². The van der Waals surface area contributed by atoms with Gasteiger partial charge in [0.15, 0.2) is 14.8 Å². The third kappa shape index (κ3) is 3.37. The third-order valence-electron chi connectivity index (χ3n) is 3.43. The first-order valence-corrected chi connectivity index (χ1v) is 14.8. The predicted molar refractivity (Wildman–Crippen MR) is 97.8 cm³/mol. The quantitative estimate of drug-likeness (QED) is 0.564. The van der Waals surface area contributed by atoms with Crippen molar-refractivity contribution >= 4 is 47.3 Å². The maximum Gasteiger partial charge on any atom is 0.181 e. The van der Waals surface area contributed by atoms with Gasteiger partial charge in [-0.1, -0.05) is 74.7 Å². The van der Waals surface area contributed by atoms with Crippen molar-refractivity contribution in [1.29, 1.82) is 0 Å². The molecule has 0 heterocycles. The van der Waals surface area contributed by atoms with Crippen LogP contribution in [0.4, 0.5) is 0 Å². The van der Waals surface area contributed by atoms with Crippen LogP contribution in [0.25, 0.3) is 11.1 Å². The summed E-state index contributed by atoms with van der Waals surface area (Å²) in [4.78, 5) is 0. The number of hydrogen-bond donors (Lipinski definition) is 0. The van der Waals surface area contributed by atoms with Gasteiger partial charge in [-0.2, -0.15) is 22.2 Å². The summed E-state index contributed by atoms with van der Waals surface area (Å²) >= 11 is 13.4. The van der Waals surface area contributed by atoms with Gasteiger partial charge in [0, 0.05) is 0 Å². The Morgan fingerprint density at radius 2 is 0.900 bits per heavy atom. The van der Waals surface area contributed by atoms with E-state index in [4.69, 9.17) is 22.2 Å². The molecule has 0 spiro atoms. The summed E-state index contributed by atoms with van der Waals surface area (Å²) in [5.41, 5.74) is 2.49. The summed E-state index contributed by atoms with van der Waals surface area (Å²) in [5.74, 6) is 0. The third-order valence-corrected chi connectivity index (χ3v) is 8.08. The highest BCUT2D eigenvalue weighted by Crippen LogP contribution is 2.24. The Kier molecular flexibility index (Phi) is 4.50. The van der Waals surface area contributed by atoms with Gasteiger partial charge in [0.2, 0.25) is 0 Å². The zero-order valence-corrected chi connectivity index (χ0v) is 15.9. The standard InChI is InChI=1S/C16H20Cl2Si2/c1-19(2,17)15-11-7-5-9-13(15)14-10-6-8-12-16(14)20(3,4)18/h5-12H,1-4H3. The van der Waals surface area contributed by atoms with Crippen molar-refractivity contribution in [2.75, 3.05) is 0 Å². The molecule has 0 unspecified atom stereocenters. The molecule has 2 rings (SSSR count). The lowest BCUT2D eigenvalue weighted by molar-refractivity contribution is 1.65. The molecule has 0 atom stereocenters. The minimum Gasteiger partial charge on any atom is -0.161 e. The fourth-order valence-corrected chi connectivity index (χ4v) is 6.16. The first-order chi connectivity index (χ1) is 9.21. The summed E-state index contributed by atoms with van der Waals surface area (Å²) in [6.07, 6.45) is 0. The smallest absolute Gasteiger partial charge is 0.161 e. The molecule has 0 fully saturated rings. The Balaban J connectivity index is 2.71. The lowest BCUT2D eigenvalue weighted by Crippen LogP contribution is -2.40. The fourth-order valence-electron chi connectivity index (χ4n) is 2.47. The highest BCUT2D eigenvalue weighted by molar-refractivity contribution is 7.27. The van der Waals surface area contributed by atoms with Crippen molar-refractivity contribution in [3.63, 3.8) is 0 Å². The lowest BCUT2D eigenvalue weighted by Gasteiger charge is -2.23. The Bertz CT molecular complexity index is 555. The van der Waals surface area contributed by atoms with Crippen LogP contribution in [0.2, 0.25) is 26.2 Å². The van der Waals surface area contributed by atoms with E-state index in [1.54, 1.807) is 0 Å². The van der Waals surface area contributed by atoms with Crippen LogP contribution < -0.4 is 10.4 Å². The molecule has 0 nitrogen and oxygen atoms in total. The van der Waals surface area contributed by atoms with E-state index in [-0.39, 0.29) is 0 Å². The number of hydrogen-bond acceptors (Lipinski definition) is 0.